The average molecular weight is 355 g/mol. The summed E-state index contributed by atoms with van der Waals surface area (Å²) in [6, 6.07) is 4.39. The summed E-state index contributed by atoms with van der Waals surface area (Å²) in [5, 5.41) is 11.1. The maximum Gasteiger partial charge on any atom is 0.341 e. The molecule has 21 heavy (non-hydrogen) atoms. The zero-order valence-electron chi connectivity index (χ0n) is 10.9. The molecule has 0 spiro atoms. The summed E-state index contributed by atoms with van der Waals surface area (Å²) in [5.74, 6) is -1.28. The summed E-state index contributed by atoms with van der Waals surface area (Å²) < 4.78 is 5.87. The molecular formula is C13H11BrN2O5. The maximum atomic E-state index is 11.8. The fourth-order valence-corrected chi connectivity index (χ4v) is 2.06. The Morgan fingerprint density at radius 1 is 1.48 bits per heavy atom. The number of rotatable bonds is 4. The Balaban J connectivity index is 2.34. The third-order valence-electron chi connectivity index (χ3n) is 2.70. The lowest BCUT2D eigenvalue weighted by atomic mass is 10.1. The van der Waals surface area contributed by atoms with E-state index < -0.39 is 24.5 Å². The number of imide groups is 1. The number of halogens is 1. The number of aliphatic carboxylic acids is 1. The summed E-state index contributed by atoms with van der Waals surface area (Å²) in [4.78, 5) is 34.7. The monoisotopic (exact) mass is 354 g/mol. The average Bonchev–Trinajstić information content (AvgIpc) is 2.65. The van der Waals surface area contributed by atoms with Gasteiger partial charge in [-0.1, -0.05) is 15.9 Å². The van der Waals surface area contributed by atoms with Crippen LogP contribution in [0.5, 0.6) is 5.75 Å². The second-order valence-corrected chi connectivity index (χ2v) is 5.13. The van der Waals surface area contributed by atoms with E-state index in [1.807, 2.05) is 0 Å². The predicted octanol–water partition coefficient (Wildman–Crippen LogP) is 1.44. The molecule has 2 N–H and O–H groups in total. The van der Waals surface area contributed by atoms with Gasteiger partial charge in [-0.05, 0) is 24.3 Å². The number of ether oxygens (including phenoxy) is 1. The first-order valence-electron chi connectivity index (χ1n) is 5.83. The van der Waals surface area contributed by atoms with Crippen molar-refractivity contribution in [1.82, 2.24) is 10.2 Å². The molecule has 1 aromatic carbocycles. The lowest BCUT2D eigenvalue weighted by molar-refractivity contribution is -0.139. The van der Waals surface area contributed by atoms with Gasteiger partial charge in [-0.15, -0.1) is 0 Å². The van der Waals surface area contributed by atoms with Gasteiger partial charge >= 0.3 is 12.0 Å². The molecule has 0 saturated carbocycles. The molecule has 0 unspecified atom stereocenters. The minimum Gasteiger partial charge on any atom is -0.481 e. The Morgan fingerprint density at radius 3 is 2.76 bits per heavy atom. The summed E-state index contributed by atoms with van der Waals surface area (Å²) in [6.45, 7) is -0.502. The van der Waals surface area contributed by atoms with Gasteiger partial charge in [0, 0.05) is 17.1 Å². The van der Waals surface area contributed by atoms with E-state index in [0.717, 1.165) is 9.37 Å². The summed E-state index contributed by atoms with van der Waals surface area (Å²) in [7, 11) is 1.36. The van der Waals surface area contributed by atoms with Crippen LogP contribution in [0.25, 0.3) is 6.08 Å². The molecule has 0 atom stereocenters. The van der Waals surface area contributed by atoms with Crippen LogP contribution in [0.15, 0.2) is 28.4 Å². The highest BCUT2D eigenvalue weighted by atomic mass is 79.9. The lowest BCUT2D eigenvalue weighted by Gasteiger charge is -2.08. The van der Waals surface area contributed by atoms with Crippen LogP contribution < -0.4 is 10.1 Å². The van der Waals surface area contributed by atoms with Gasteiger partial charge in [0.05, 0.1) is 0 Å². The van der Waals surface area contributed by atoms with Crippen LogP contribution in [0.4, 0.5) is 4.79 Å². The van der Waals surface area contributed by atoms with E-state index in [0.29, 0.717) is 11.3 Å². The molecule has 2 rings (SSSR count). The zero-order valence-corrected chi connectivity index (χ0v) is 12.5. The molecule has 0 aliphatic carbocycles. The highest BCUT2D eigenvalue weighted by Gasteiger charge is 2.30. The van der Waals surface area contributed by atoms with E-state index in [9.17, 15) is 14.4 Å². The van der Waals surface area contributed by atoms with Gasteiger partial charge in [-0.25, -0.2) is 9.59 Å². The maximum absolute atomic E-state index is 11.8. The number of urea groups is 1. The first kappa shape index (κ1) is 15.0. The number of nitrogens with one attached hydrogen (secondary N) is 1. The number of likely N-dealkylation sites (N-methyl/N-ethyl adjacent to an activating group) is 1. The number of carbonyl (C=O) groups is 3. The van der Waals surface area contributed by atoms with Crippen LogP contribution in [0.2, 0.25) is 0 Å². The van der Waals surface area contributed by atoms with Gasteiger partial charge in [0.2, 0.25) is 0 Å². The standard InChI is InChI=1S/C13H11BrN2O5/c1-16-12(19)9(15-13(16)20)5-7-4-8(14)2-3-10(7)21-6-11(17)18/h2-5H,6H2,1H3,(H,15,20)(H,17,18)/b9-5+. The molecule has 110 valence electrons. The summed E-state index contributed by atoms with van der Waals surface area (Å²) in [5.41, 5.74) is 0.574. The minimum absolute atomic E-state index is 0.0979. The molecule has 1 heterocycles. The van der Waals surface area contributed by atoms with E-state index in [-0.39, 0.29) is 5.70 Å². The first-order chi connectivity index (χ1) is 9.88. The van der Waals surface area contributed by atoms with Crippen molar-refractivity contribution in [2.24, 2.45) is 0 Å². The Hall–Kier alpha value is -2.35. The van der Waals surface area contributed by atoms with Gasteiger partial charge in [-0.3, -0.25) is 9.69 Å². The molecule has 1 aliphatic heterocycles. The third-order valence-corrected chi connectivity index (χ3v) is 3.20. The van der Waals surface area contributed by atoms with Crippen LogP contribution in [0, 0.1) is 0 Å². The number of amides is 3. The highest BCUT2D eigenvalue weighted by molar-refractivity contribution is 9.10. The number of benzene rings is 1. The fourth-order valence-electron chi connectivity index (χ4n) is 1.68. The number of carboxylic acid groups (broad SMARTS) is 1. The van der Waals surface area contributed by atoms with Crippen molar-refractivity contribution in [3.63, 3.8) is 0 Å². The number of hydrogen-bond donors (Lipinski definition) is 2. The van der Waals surface area contributed by atoms with E-state index >= 15 is 0 Å². The molecule has 8 heteroatoms. The first-order valence-corrected chi connectivity index (χ1v) is 6.62. The Bertz CT molecular complexity index is 656. The van der Waals surface area contributed by atoms with E-state index in [1.165, 1.54) is 13.1 Å². The highest BCUT2D eigenvalue weighted by Crippen LogP contribution is 2.26. The molecule has 1 aromatic rings. The normalized spacial score (nSPS) is 16.3. The summed E-state index contributed by atoms with van der Waals surface area (Å²) >= 11 is 3.28. The second kappa shape index (κ2) is 5.96. The van der Waals surface area contributed by atoms with Gasteiger partial charge in [0.25, 0.3) is 5.91 Å². The molecule has 0 aromatic heterocycles. The quantitative estimate of drug-likeness (QED) is 0.629. The molecule has 1 fully saturated rings. The molecule has 1 aliphatic rings. The van der Waals surface area contributed by atoms with Crippen molar-refractivity contribution in [3.8, 4) is 5.75 Å². The number of carboxylic acids is 1. The van der Waals surface area contributed by atoms with Crippen molar-refractivity contribution < 1.29 is 24.2 Å². The van der Waals surface area contributed by atoms with E-state index in [1.54, 1.807) is 18.2 Å². The number of carbonyl (C=O) groups excluding carboxylic acids is 2. The topological polar surface area (TPSA) is 95.9 Å². The third kappa shape index (κ3) is 3.40. The Kier molecular flexibility index (Phi) is 4.27. The number of hydrogen-bond acceptors (Lipinski definition) is 4. The molecule has 1 saturated heterocycles. The minimum atomic E-state index is -1.11. The SMILES string of the molecule is CN1C(=O)N/C(=C/c2cc(Br)ccc2OCC(=O)O)C1=O. The lowest BCUT2D eigenvalue weighted by Crippen LogP contribution is -2.25. The van der Waals surface area contributed by atoms with Crippen molar-refractivity contribution in [2.75, 3.05) is 13.7 Å². The van der Waals surface area contributed by atoms with Crippen molar-refractivity contribution in [3.05, 3.63) is 33.9 Å². The van der Waals surface area contributed by atoms with Crippen molar-refractivity contribution >= 4 is 39.9 Å². The van der Waals surface area contributed by atoms with Crippen LogP contribution >= 0.6 is 15.9 Å². The molecular weight excluding hydrogens is 344 g/mol. The van der Waals surface area contributed by atoms with Gasteiger partial charge in [0.1, 0.15) is 11.4 Å². The second-order valence-electron chi connectivity index (χ2n) is 4.22. The smallest absolute Gasteiger partial charge is 0.341 e. The van der Waals surface area contributed by atoms with E-state index in [4.69, 9.17) is 9.84 Å². The Morgan fingerprint density at radius 2 is 2.19 bits per heavy atom. The molecule has 0 bridgehead atoms. The van der Waals surface area contributed by atoms with Crippen molar-refractivity contribution in [2.45, 2.75) is 0 Å². The molecule has 7 nitrogen and oxygen atoms in total. The molecule has 0 radical (unpaired) electrons. The fraction of sp³-hybridized carbons (Fsp3) is 0.154. The van der Waals surface area contributed by atoms with Crippen LogP contribution in [0.1, 0.15) is 5.56 Å². The number of nitrogens with zero attached hydrogens (tertiary/aromatic N) is 1. The van der Waals surface area contributed by atoms with Crippen LogP contribution in [-0.2, 0) is 9.59 Å². The van der Waals surface area contributed by atoms with Gasteiger partial charge < -0.3 is 15.2 Å². The predicted molar refractivity (Wildman–Crippen MR) is 76.6 cm³/mol. The Labute approximate surface area is 128 Å². The summed E-state index contributed by atoms with van der Waals surface area (Å²) in [6.07, 6.45) is 1.44. The molecule has 3 amide bonds. The van der Waals surface area contributed by atoms with Gasteiger partial charge in [-0.2, -0.15) is 0 Å². The largest absolute Gasteiger partial charge is 0.481 e. The van der Waals surface area contributed by atoms with Crippen molar-refractivity contribution in [1.29, 1.82) is 0 Å². The zero-order chi connectivity index (χ0) is 15.6. The van der Waals surface area contributed by atoms with Crippen LogP contribution in [0.3, 0.4) is 0 Å². The van der Waals surface area contributed by atoms with Crippen LogP contribution in [-0.4, -0.2) is 41.6 Å². The van der Waals surface area contributed by atoms with Gasteiger partial charge in [0.15, 0.2) is 6.61 Å². The van der Waals surface area contributed by atoms with E-state index in [2.05, 4.69) is 21.2 Å².